The standard InChI is InChI=1S/C15H16BrNO3/c1-15(2)11-12(15)14(19)17(13(11)18)7-8-20-10-5-3-9(16)4-6-10/h3-6,11-12H,7-8H2,1-2H3. The lowest BCUT2D eigenvalue weighted by Crippen LogP contribution is -2.38. The van der Waals surface area contributed by atoms with Crippen molar-refractivity contribution < 1.29 is 14.3 Å². The molecule has 1 aliphatic carbocycles. The SMILES string of the molecule is CC1(C)C2C(=O)N(CCOc3ccc(Br)cc3)C(=O)C21. The van der Waals surface area contributed by atoms with Crippen molar-refractivity contribution in [3.63, 3.8) is 0 Å². The third kappa shape index (κ3) is 2.04. The van der Waals surface area contributed by atoms with Crippen molar-refractivity contribution in [2.45, 2.75) is 13.8 Å². The monoisotopic (exact) mass is 337 g/mol. The van der Waals surface area contributed by atoms with Crippen LogP contribution >= 0.6 is 15.9 Å². The summed E-state index contributed by atoms with van der Waals surface area (Å²) in [6.45, 7) is 4.62. The lowest BCUT2D eigenvalue weighted by atomic mass is 10.1. The fraction of sp³-hybridized carbons (Fsp3) is 0.467. The van der Waals surface area contributed by atoms with Gasteiger partial charge in [0.1, 0.15) is 12.4 Å². The van der Waals surface area contributed by atoms with Crippen molar-refractivity contribution in [3.05, 3.63) is 28.7 Å². The molecule has 0 radical (unpaired) electrons. The van der Waals surface area contributed by atoms with Gasteiger partial charge < -0.3 is 4.74 Å². The van der Waals surface area contributed by atoms with Crippen molar-refractivity contribution in [1.82, 2.24) is 4.90 Å². The first-order valence-electron chi connectivity index (χ1n) is 6.66. The van der Waals surface area contributed by atoms with Crippen LogP contribution in [0.1, 0.15) is 13.8 Å². The van der Waals surface area contributed by atoms with Crippen LogP contribution in [0.2, 0.25) is 0 Å². The number of ether oxygens (including phenoxy) is 1. The Kier molecular flexibility index (Phi) is 3.12. The zero-order chi connectivity index (χ0) is 14.5. The largest absolute Gasteiger partial charge is 0.492 e. The van der Waals surface area contributed by atoms with E-state index in [0.29, 0.717) is 13.2 Å². The van der Waals surface area contributed by atoms with Gasteiger partial charge in [-0.1, -0.05) is 29.8 Å². The lowest BCUT2D eigenvalue weighted by Gasteiger charge is -2.20. The number of amides is 2. The molecule has 1 saturated carbocycles. The maximum Gasteiger partial charge on any atom is 0.233 e. The zero-order valence-electron chi connectivity index (χ0n) is 11.4. The van der Waals surface area contributed by atoms with E-state index in [1.807, 2.05) is 38.1 Å². The molecule has 3 rings (SSSR count). The molecule has 106 valence electrons. The van der Waals surface area contributed by atoms with Crippen LogP contribution < -0.4 is 4.74 Å². The summed E-state index contributed by atoms with van der Waals surface area (Å²) in [5.41, 5.74) is -0.142. The number of hydrogen-bond donors (Lipinski definition) is 0. The fourth-order valence-corrected chi connectivity index (χ4v) is 3.27. The van der Waals surface area contributed by atoms with Crippen molar-refractivity contribution in [3.8, 4) is 5.75 Å². The highest BCUT2D eigenvalue weighted by molar-refractivity contribution is 9.10. The van der Waals surface area contributed by atoms with Gasteiger partial charge in [-0.3, -0.25) is 14.5 Å². The van der Waals surface area contributed by atoms with Crippen LogP contribution in [-0.4, -0.2) is 29.9 Å². The minimum Gasteiger partial charge on any atom is -0.492 e. The normalized spacial score (nSPS) is 26.6. The summed E-state index contributed by atoms with van der Waals surface area (Å²) in [6, 6.07) is 7.47. The van der Waals surface area contributed by atoms with Crippen LogP contribution in [0.25, 0.3) is 0 Å². The topological polar surface area (TPSA) is 46.6 Å². The van der Waals surface area contributed by atoms with E-state index in [0.717, 1.165) is 10.2 Å². The average Bonchev–Trinajstić information content (AvgIpc) is 2.87. The number of fused-ring (bicyclic) bond motifs is 1. The molecule has 5 heteroatoms. The first kappa shape index (κ1) is 13.6. The quantitative estimate of drug-likeness (QED) is 0.793. The summed E-state index contributed by atoms with van der Waals surface area (Å²) in [5, 5.41) is 0. The van der Waals surface area contributed by atoms with Gasteiger partial charge in [-0.2, -0.15) is 0 Å². The number of rotatable bonds is 4. The molecule has 1 aromatic carbocycles. The summed E-state index contributed by atoms with van der Waals surface area (Å²) in [4.78, 5) is 25.6. The molecular weight excluding hydrogens is 322 g/mol. The number of hydrogen-bond acceptors (Lipinski definition) is 3. The van der Waals surface area contributed by atoms with Crippen LogP contribution in [0, 0.1) is 17.3 Å². The Bertz CT molecular complexity index is 543. The minimum atomic E-state index is -0.142. The van der Waals surface area contributed by atoms with Gasteiger partial charge in [0.05, 0.1) is 18.4 Å². The highest BCUT2D eigenvalue weighted by atomic mass is 79.9. The van der Waals surface area contributed by atoms with Crippen LogP contribution in [0.15, 0.2) is 28.7 Å². The van der Waals surface area contributed by atoms with E-state index in [-0.39, 0.29) is 29.1 Å². The van der Waals surface area contributed by atoms with E-state index in [2.05, 4.69) is 15.9 Å². The van der Waals surface area contributed by atoms with Gasteiger partial charge in [-0.25, -0.2) is 0 Å². The van der Waals surface area contributed by atoms with Crippen LogP contribution in [0.5, 0.6) is 5.75 Å². The van der Waals surface area contributed by atoms with Gasteiger partial charge in [0.25, 0.3) is 0 Å². The van der Waals surface area contributed by atoms with Crippen LogP contribution in [0.3, 0.4) is 0 Å². The molecule has 2 amide bonds. The number of carbonyl (C=O) groups is 2. The first-order chi connectivity index (χ1) is 9.43. The molecule has 2 atom stereocenters. The smallest absolute Gasteiger partial charge is 0.233 e. The summed E-state index contributed by atoms with van der Waals surface area (Å²) in [6.07, 6.45) is 0. The third-order valence-electron chi connectivity index (χ3n) is 4.29. The third-order valence-corrected chi connectivity index (χ3v) is 4.82. The fourth-order valence-electron chi connectivity index (χ4n) is 3.01. The van der Waals surface area contributed by atoms with Crippen LogP contribution in [-0.2, 0) is 9.59 Å². The number of carbonyl (C=O) groups excluding carboxylic acids is 2. The van der Waals surface area contributed by atoms with E-state index in [9.17, 15) is 9.59 Å². The summed E-state index contributed by atoms with van der Waals surface area (Å²) in [7, 11) is 0. The summed E-state index contributed by atoms with van der Waals surface area (Å²) in [5.74, 6) is 0.442. The van der Waals surface area contributed by atoms with Gasteiger partial charge in [-0.15, -0.1) is 0 Å². The molecule has 2 aliphatic rings. The maximum absolute atomic E-state index is 12.1. The molecule has 1 heterocycles. The molecule has 0 N–H and O–H groups in total. The van der Waals surface area contributed by atoms with Gasteiger partial charge in [-0.05, 0) is 29.7 Å². The van der Waals surface area contributed by atoms with E-state index in [4.69, 9.17) is 4.74 Å². The maximum atomic E-state index is 12.1. The minimum absolute atomic E-state index is 0.0376. The average molecular weight is 338 g/mol. The molecule has 1 aromatic rings. The van der Waals surface area contributed by atoms with E-state index in [1.54, 1.807) is 0 Å². The Hall–Kier alpha value is -1.36. The number of imide groups is 1. The number of halogens is 1. The summed E-state index contributed by atoms with van der Waals surface area (Å²) < 4.78 is 6.54. The Balaban J connectivity index is 1.54. The van der Waals surface area contributed by atoms with E-state index in [1.165, 1.54) is 4.90 Å². The number of benzene rings is 1. The second-order valence-corrected chi connectivity index (χ2v) is 6.82. The Morgan fingerprint density at radius 2 is 1.70 bits per heavy atom. The number of likely N-dealkylation sites (tertiary alicyclic amines) is 1. The highest BCUT2D eigenvalue weighted by Crippen LogP contribution is 2.63. The zero-order valence-corrected chi connectivity index (χ0v) is 13.0. The Morgan fingerprint density at radius 3 is 2.25 bits per heavy atom. The highest BCUT2D eigenvalue weighted by Gasteiger charge is 2.72. The second-order valence-electron chi connectivity index (χ2n) is 5.91. The van der Waals surface area contributed by atoms with E-state index >= 15 is 0 Å². The van der Waals surface area contributed by atoms with Gasteiger partial charge in [0.15, 0.2) is 0 Å². The molecule has 20 heavy (non-hydrogen) atoms. The molecule has 2 fully saturated rings. The van der Waals surface area contributed by atoms with Crippen molar-refractivity contribution in [1.29, 1.82) is 0 Å². The van der Waals surface area contributed by atoms with Gasteiger partial charge >= 0.3 is 0 Å². The van der Waals surface area contributed by atoms with Gasteiger partial charge in [0.2, 0.25) is 11.8 Å². The molecule has 0 bridgehead atoms. The van der Waals surface area contributed by atoms with Crippen molar-refractivity contribution in [2.24, 2.45) is 17.3 Å². The Morgan fingerprint density at radius 1 is 1.15 bits per heavy atom. The first-order valence-corrected chi connectivity index (χ1v) is 7.46. The molecule has 1 saturated heterocycles. The molecule has 1 aliphatic heterocycles. The molecule has 0 aromatic heterocycles. The molecule has 2 unspecified atom stereocenters. The summed E-state index contributed by atoms with van der Waals surface area (Å²) >= 11 is 3.35. The second kappa shape index (κ2) is 4.58. The van der Waals surface area contributed by atoms with Crippen molar-refractivity contribution >= 4 is 27.7 Å². The number of nitrogens with zero attached hydrogens (tertiary/aromatic N) is 1. The Labute approximate surface area is 126 Å². The van der Waals surface area contributed by atoms with Crippen LogP contribution in [0.4, 0.5) is 0 Å². The molecular formula is C15H16BrNO3. The predicted octanol–water partition coefficient (Wildman–Crippen LogP) is 2.47. The van der Waals surface area contributed by atoms with E-state index < -0.39 is 0 Å². The van der Waals surface area contributed by atoms with Crippen molar-refractivity contribution in [2.75, 3.05) is 13.2 Å². The molecule has 4 nitrogen and oxygen atoms in total. The van der Waals surface area contributed by atoms with Gasteiger partial charge in [0, 0.05) is 4.47 Å². The molecule has 0 spiro atoms. The number of piperidine rings is 1. The lowest BCUT2D eigenvalue weighted by molar-refractivity contribution is -0.143. The predicted molar refractivity (Wildman–Crippen MR) is 77.1 cm³/mol.